The van der Waals surface area contributed by atoms with Crippen LogP contribution in [-0.2, 0) is 0 Å². The topological polar surface area (TPSA) is 83.2 Å². The van der Waals surface area contributed by atoms with Crippen LogP contribution in [0.4, 0.5) is 25.0 Å². The summed E-state index contributed by atoms with van der Waals surface area (Å²) in [5.74, 6) is -1.19. The number of methoxy groups -OCH3 is 1. The highest BCUT2D eigenvalue weighted by molar-refractivity contribution is 6.00. The second-order valence-electron chi connectivity index (χ2n) is 5.15. The predicted molar refractivity (Wildman–Crippen MR) is 90.1 cm³/mol. The molecule has 8 heteroatoms. The standard InChI is InChI=1S/C17H13F2N3O3/c1-25-10-3-5-13-11(7-10)16(23)15(8-20-13)22-17(24)21-14-4-2-9(18)6-12(14)19/h2-8H,1H3,(H,20,23)(H2,21,22,24). The quantitative estimate of drug-likeness (QED) is 0.680. The molecular formula is C17H13F2N3O3. The molecule has 0 saturated heterocycles. The predicted octanol–water partition coefficient (Wildman–Crippen LogP) is 3.46. The van der Waals surface area contributed by atoms with Gasteiger partial charge >= 0.3 is 6.03 Å². The van der Waals surface area contributed by atoms with Gasteiger partial charge in [-0.3, -0.25) is 4.79 Å². The van der Waals surface area contributed by atoms with E-state index in [9.17, 15) is 18.4 Å². The van der Waals surface area contributed by atoms with Gasteiger partial charge < -0.3 is 20.4 Å². The lowest BCUT2D eigenvalue weighted by Crippen LogP contribution is -2.24. The smallest absolute Gasteiger partial charge is 0.323 e. The second-order valence-corrected chi connectivity index (χ2v) is 5.15. The van der Waals surface area contributed by atoms with Gasteiger partial charge in [0, 0.05) is 17.8 Å². The van der Waals surface area contributed by atoms with Crippen LogP contribution in [0.15, 0.2) is 47.4 Å². The summed E-state index contributed by atoms with van der Waals surface area (Å²) in [6.07, 6.45) is 1.33. The summed E-state index contributed by atoms with van der Waals surface area (Å²) in [6, 6.07) is 6.80. The Hall–Kier alpha value is -3.42. The number of hydrogen-bond donors (Lipinski definition) is 3. The van der Waals surface area contributed by atoms with Gasteiger partial charge in [0.05, 0.1) is 18.2 Å². The van der Waals surface area contributed by atoms with E-state index >= 15 is 0 Å². The summed E-state index contributed by atoms with van der Waals surface area (Å²) in [5.41, 5.74) is -0.0951. The minimum atomic E-state index is -0.924. The first-order chi connectivity index (χ1) is 12.0. The van der Waals surface area contributed by atoms with Crippen molar-refractivity contribution in [3.8, 4) is 5.75 Å². The first-order valence-corrected chi connectivity index (χ1v) is 7.20. The van der Waals surface area contributed by atoms with Crippen LogP contribution in [0.2, 0.25) is 0 Å². The first-order valence-electron chi connectivity index (χ1n) is 7.20. The number of aromatic nitrogens is 1. The number of benzene rings is 2. The van der Waals surface area contributed by atoms with Crippen molar-refractivity contribution in [1.82, 2.24) is 4.98 Å². The molecule has 3 rings (SSSR count). The fourth-order valence-corrected chi connectivity index (χ4v) is 2.28. The average Bonchev–Trinajstić information content (AvgIpc) is 2.59. The van der Waals surface area contributed by atoms with Crippen LogP contribution >= 0.6 is 0 Å². The Bertz CT molecular complexity index is 1020. The van der Waals surface area contributed by atoms with Gasteiger partial charge in [0.25, 0.3) is 0 Å². The van der Waals surface area contributed by atoms with E-state index in [4.69, 9.17) is 4.74 Å². The summed E-state index contributed by atoms with van der Waals surface area (Å²) >= 11 is 0. The molecule has 3 N–H and O–H groups in total. The molecule has 2 aromatic carbocycles. The maximum absolute atomic E-state index is 13.6. The second kappa shape index (κ2) is 6.60. The number of anilines is 2. The van der Waals surface area contributed by atoms with Crippen LogP contribution in [0.5, 0.6) is 5.75 Å². The number of hydrogen-bond acceptors (Lipinski definition) is 3. The van der Waals surface area contributed by atoms with Crippen LogP contribution in [0.1, 0.15) is 0 Å². The third-order valence-electron chi connectivity index (χ3n) is 3.52. The number of fused-ring (bicyclic) bond motifs is 1. The lowest BCUT2D eigenvalue weighted by atomic mass is 10.2. The molecule has 0 atom stereocenters. The van der Waals surface area contributed by atoms with Crippen molar-refractivity contribution >= 4 is 28.3 Å². The number of carbonyl (C=O) groups is 1. The van der Waals surface area contributed by atoms with Gasteiger partial charge in [0.1, 0.15) is 23.1 Å². The van der Waals surface area contributed by atoms with Crippen LogP contribution in [-0.4, -0.2) is 18.1 Å². The van der Waals surface area contributed by atoms with E-state index in [2.05, 4.69) is 15.6 Å². The molecule has 2 amide bonds. The number of H-pyrrole nitrogens is 1. The molecule has 1 aromatic heterocycles. The van der Waals surface area contributed by atoms with Gasteiger partial charge in [-0.05, 0) is 30.3 Å². The molecule has 128 valence electrons. The first kappa shape index (κ1) is 16.4. The fourth-order valence-electron chi connectivity index (χ4n) is 2.28. The zero-order valence-corrected chi connectivity index (χ0v) is 13.0. The number of aromatic amines is 1. The van der Waals surface area contributed by atoms with Crippen molar-refractivity contribution in [1.29, 1.82) is 0 Å². The number of nitrogens with one attached hydrogen (secondary N) is 3. The van der Waals surface area contributed by atoms with E-state index in [1.54, 1.807) is 12.1 Å². The Balaban J connectivity index is 1.85. The van der Waals surface area contributed by atoms with Crippen molar-refractivity contribution in [2.24, 2.45) is 0 Å². The number of carbonyl (C=O) groups excluding carboxylic acids is 1. The number of rotatable bonds is 3. The van der Waals surface area contributed by atoms with Gasteiger partial charge in [-0.1, -0.05) is 0 Å². The normalized spacial score (nSPS) is 10.5. The number of ether oxygens (including phenoxy) is 1. The molecule has 0 fully saturated rings. The number of amides is 2. The monoisotopic (exact) mass is 345 g/mol. The number of urea groups is 1. The highest BCUT2D eigenvalue weighted by Gasteiger charge is 2.12. The van der Waals surface area contributed by atoms with Gasteiger partial charge in [0.2, 0.25) is 5.43 Å². The summed E-state index contributed by atoms with van der Waals surface area (Å²) in [5, 5.41) is 4.87. The Kier molecular flexibility index (Phi) is 4.34. The highest BCUT2D eigenvalue weighted by atomic mass is 19.1. The average molecular weight is 345 g/mol. The molecule has 6 nitrogen and oxygen atoms in total. The highest BCUT2D eigenvalue weighted by Crippen LogP contribution is 2.18. The molecule has 0 aliphatic heterocycles. The Morgan fingerprint density at radius 2 is 1.84 bits per heavy atom. The van der Waals surface area contributed by atoms with E-state index in [0.717, 1.165) is 12.1 Å². The van der Waals surface area contributed by atoms with Crippen molar-refractivity contribution < 1.29 is 18.3 Å². The minimum absolute atomic E-state index is 0.0271. The third kappa shape index (κ3) is 3.42. The lowest BCUT2D eigenvalue weighted by molar-refractivity contribution is 0.262. The molecule has 0 spiro atoms. The van der Waals surface area contributed by atoms with Crippen molar-refractivity contribution in [2.45, 2.75) is 0 Å². The SMILES string of the molecule is COc1ccc2[nH]cc(NC(=O)Nc3ccc(F)cc3F)c(=O)c2c1. The van der Waals surface area contributed by atoms with Gasteiger partial charge in [-0.15, -0.1) is 0 Å². The minimum Gasteiger partial charge on any atom is -0.497 e. The zero-order chi connectivity index (χ0) is 18.0. The number of pyridine rings is 1. The maximum Gasteiger partial charge on any atom is 0.323 e. The zero-order valence-electron chi connectivity index (χ0n) is 13.0. The van der Waals surface area contributed by atoms with E-state index in [0.29, 0.717) is 22.7 Å². The van der Waals surface area contributed by atoms with E-state index in [1.165, 1.54) is 19.4 Å². The van der Waals surface area contributed by atoms with E-state index in [1.807, 2.05) is 0 Å². The molecule has 0 bridgehead atoms. The van der Waals surface area contributed by atoms with E-state index in [-0.39, 0.29) is 11.4 Å². The van der Waals surface area contributed by atoms with Crippen LogP contribution < -0.4 is 20.8 Å². The van der Waals surface area contributed by atoms with E-state index < -0.39 is 23.1 Å². The van der Waals surface area contributed by atoms with Crippen LogP contribution in [0.3, 0.4) is 0 Å². The van der Waals surface area contributed by atoms with Gasteiger partial charge in [-0.2, -0.15) is 0 Å². The molecule has 25 heavy (non-hydrogen) atoms. The molecule has 0 radical (unpaired) electrons. The number of halogens is 2. The van der Waals surface area contributed by atoms with Gasteiger partial charge in [-0.25, -0.2) is 13.6 Å². The largest absolute Gasteiger partial charge is 0.497 e. The van der Waals surface area contributed by atoms with Crippen LogP contribution in [0, 0.1) is 11.6 Å². The summed E-state index contributed by atoms with van der Waals surface area (Å²) in [6.45, 7) is 0. The molecule has 0 saturated carbocycles. The molecule has 0 unspecified atom stereocenters. The van der Waals surface area contributed by atoms with Crippen molar-refractivity contribution in [3.63, 3.8) is 0 Å². The Labute approximate surface area is 140 Å². The Morgan fingerprint density at radius 3 is 2.56 bits per heavy atom. The van der Waals surface area contributed by atoms with Crippen molar-refractivity contribution in [3.05, 3.63) is 64.5 Å². The maximum atomic E-state index is 13.6. The summed E-state index contributed by atoms with van der Waals surface area (Å²) < 4.78 is 31.5. The summed E-state index contributed by atoms with van der Waals surface area (Å²) in [4.78, 5) is 27.3. The molecule has 0 aliphatic carbocycles. The Morgan fingerprint density at radius 1 is 1.08 bits per heavy atom. The van der Waals surface area contributed by atoms with Crippen molar-refractivity contribution in [2.75, 3.05) is 17.7 Å². The fraction of sp³-hybridized carbons (Fsp3) is 0.0588. The molecule has 3 aromatic rings. The molecular weight excluding hydrogens is 332 g/mol. The molecule has 1 heterocycles. The van der Waals surface area contributed by atoms with Gasteiger partial charge in [0.15, 0.2) is 0 Å². The molecule has 0 aliphatic rings. The van der Waals surface area contributed by atoms with Crippen LogP contribution in [0.25, 0.3) is 10.9 Å². The third-order valence-corrected chi connectivity index (χ3v) is 3.52. The lowest BCUT2D eigenvalue weighted by Gasteiger charge is -2.09. The summed E-state index contributed by atoms with van der Waals surface area (Å²) in [7, 11) is 1.47.